The first-order valence-electron chi connectivity index (χ1n) is 5.95. The van der Waals surface area contributed by atoms with E-state index in [4.69, 9.17) is 4.74 Å². The molecule has 3 rings (SSSR count). The van der Waals surface area contributed by atoms with Gasteiger partial charge in [-0.25, -0.2) is 4.52 Å². The van der Waals surface area contributed by atoms with Gasteiger partial charge in [0.05, 0.1) is 24.4 Å². The molecule has 0 saturated carbocycles. The summed E-state index contributed by atoms with van der Waals surface area (Å²) in [5, 5.41) is 8.02. The van der Waals surface area contributed by atoms with Gasteiger partial charge in [0, 0.05) is 13.1 Å². The number of morpholine rings is 1. The molecule has 1 aliphatic heterocycles. The highest BCUT2D eigenvalue weighted by Crippen LogP contribution is 2.12. The summed E-state index contributed by atoms with van der Waals surface area (Å²) in [6.45, 7) is 4.33. The number of amides is 1. The first-order chi connectivity index (χ1) is 8.77. The quantitative estimate of drug-likeness (QED) is 0.735. The van der Waals surface area contributed by atoms with Crippen molar-refractivity contribution in [1.82, 2.24) is 19.7 Å². The molecule has 1 aliphatic rings. The number of aryl methyl sites for hydroxylation is 1. The van der Waals surface area contributed by atoms with Crippen molar-refractivity contribution in [1.29, 1.82) is 0 Å². The van der Waals surface area contributed by atoms with Gasteiger partial charge in [0.1, 0.15) is 5.69 Å². The summed E-state index contributed by atoms with van der Waals surface area (Å²) in [7, 11) is 0. The Morgan fingerprint density at radius 3 is 2.89 bits per heavy atom. The molecular formula is C12H14N4O2. The zero-order chi connectivity index (χ0) is 12.5. The van der Waals surface area contributed by atoms with Crippen molar-refractivity contribution in [2.45, 2.75) is 6.92 Å². The summed E-state index contributed by atoms with van der Waals surface area (Å²) < 4.78 is 6.85. The van der Waals surface area contributed by atoms with Gasteiger partial charge in [-0.2, -0.15) is 0 Å². The van der Waals surface area contributed by atoms with E-state index >= 15 is 0 Å². The minimum Gasteiger partial charge on any atom is -0.378 e. The molecule has 0 N–H and O–H groups in total. The lowest BCUT2D eigenvalue weighted by Gasteiger charge is -2.26. The fourth-order valence-electron chi connectivity index (χ4n) is 2.12. The monoisotopic (exact) mass is 246 g/mol. The van der Waals surface area contributed by atoms with E-state index in [2.05, 4.69) is 10.3 Å². The highest BCUT2D eigenvalue weighted by atomic mass is 16.5. The Morgan fingerprint density at radius 1 is 1.33 bits per heavy atom. The summed E-state index contributed by atoms with van der Waals surface area (Å²) in [6.07, 6.45) is 0. The van der Waals surface area contributed by atoms with Crippen molar-refractivity contribution < 1.29 is 9.53 Å². The van der Waals surface area contributed by atoms with Gasteiger partial charge >= 0.3 is 0 Å². The van der Waals surface area contributed by atoms with E-state index < -0.39 is 0 Å². The van der Waals surface area contributed by atoms with Crippen molar-refractivity contribution in [3.8, 4) is 0 Å². The number of nitrogens with zero attached hydrogens (tertiary/aromatic N) is 4. The normalized spacial score (nSPS) is 16.2. The Hall–Kier alpha value is -1.95. The van der Waals surface area contributed by atoms with Gasteiger partial charge in [0.25, 0.3) is 5.91 Å². The summed E-state index contributed by atoms with van der Waals surface area (Å²) in [4.78, 5) is 14.2. The molecule has 94 valence electrons. The van der Waals surface area contributed by atoms with Crippen LogP contribution in [0.5, 0.6) is 0 Å². The fourth-order valence-corrected chi connectivity index (χ4v) is 2.12. The Bertz CT molecular complexity index is 587. The van der Waals surface area contributed by atoms with E-state index in [1.54, 1.807) is 15.5 Å². The van der Waals surface area contributed by atoms with Crippen LogP contribution in [0.15, 0.2) is 18.2 Å². The topological polar surface area (TPSA) is 59.7 Å². The largest absolute Gasteiger partial charge is 0.378 e. The molecule has 0 aromatic carbocycles. The standard InChI is InChI=1S/C12H14N4O2/c1-9-10-3-2-4-11(16(10)14-13-9)12(17)15-5-7-18-8-6-15/h2-4H,5-8H2,1H3. The highest BCUT2D eigenvalue weighted by Gasteiger charge is 2.21. The Labute approximate surface area is 104 Å². The number of pyridine rings is 1. The van der Waals surface area contributed by atoms with Gasteiger partial charge in [-0.05, 0) is 19.1 Å². The molecule has 1 fully saturated rings. The second-order valence-electron chi connectivity index (χ2n) is 4.29. The smallest absolute Gasteiger partial charge is 0.272 e. The van der Waals surface area contributed by atoms with Crippen LogP contribution in [0.1, 0.15) is 16.2 Å². The third-order valence-corrected chi connectivity index (χ3v) is 3.14. The number of fused-ring (bicyclic) bond motifs is 1. The molecular weight excluding hydrogens is 232 g/mol. The minimum atomic E-state index is -0.0196. The van der Waals surface area contributed by atoms with Crippen molar-refractivity contribution in [2.75, 3.05) is 26.3 Å². The maximum absolute atomic E-state index is 12.4. The second kappa shape index (κ2) is 4.38. The molecule has 6 heteroatoms. The summed E-state index contributed by atoms with van der Waals surface area (Å²) in [5.74, 6) is -0.0196. The molecule has 0 atom stereocenters. The molecule has 1 saturated heterocycles. The number of carbonyl (C=O) groups is 1. The summed E-state index contributed by atoms with van der Waals surface area (Å²) in [5.41, 5.74) is 2.25. The number of hydrogen-bond donors (Lipinski definition) is 0. The third-order valence-electron chi connectivity index (χ3n) is 3.14. The predicted octanol–water partition coefficient (Wildman–Crippen LogP) is 0.510. The third kappa shape index (κ3) is 1.74. The van der Waals surface area contributed by atoms with Crippen LogP contribution in [0.3, 0.4) is 0 Å². The lowest BCUT2D eigenvalue weighted by atomic mass is 10.2. The van der Waals surface area contributed by atoms with E-state index in [1.807, 2.05) is 19.1 Å². The Morgan fingerprint density at radius 2 is 2.11 bits per heavy atom. The van der Waals surface area contributed by atoms with E-state index in [1.165, 1.54) is 0 Å². The predicted molar refractivity (Wildman–Crippen MR) is 64.4 cm³/mol. The molecule has 6 nitrogen and oxygen atoms in total. The molecule has 2 aromatic rings. The van der Waals surface area contributed by atoms with E-state index in [-0.39, 0.29) is 5.91 Å². The molecule has 18 heavy (non-hydrogen) atoms. The Balaban J connectivity index is 2.00. The average Bonchev–Trinajstić information content (AvgIpc) is 2.81. The molecule has 0 aliphatic carbocycles. The zero-order valence-electron chi connectivity index (χ0n) is 10.2. The number of rotatable bonds is 1. The van der Waals surface area contributed by atoms with Crippen LogP contribution in [0, 0.1) is 6.92 Å². The van der Waals surface area contributed by atoms with Gasteiger partial charge in [-0.1, -0.05) is 11.3 Å². The van der Waals surface area contributed by atoms with Gasteiger partial charge in [-0.15, -0.1) is 5.10 Å². The molecule has 3 heterocycles. The molecule has 2 aromatic heterocycles. The number of hydrogen-bond acceptors (Lipinski definition) is 4. The van der Waals surface area contributed by atoms with Gasteiger partial charge in [0.2, 0.25) is 0 Å². The molecule has 1 amide bonds. The van der Waals surface area contributed by atoms with E-state index in [9.17, 15) is 4.79 Å². The highest BCUT2D eigenvalue weighted by molar-refractivity contribution is 5.93. The van der Waals surface area contributed by atoms with Crippen LogP contribution >= 0.6 is 0 Å². The number of ether oxygens (including phenoxy) is 1. The number of aromatic nitrogens is 3. The first kappa shape index (κ1) is 11.2. The molecule has 0 bridgehead atoms. The Kier molecular flexibility index (Phi) is 2.71. The van der Waals surface area contributed by atoms with Crippen LogP contribution in [-0.2, 0) is 4.74 Å². The maximum atomic E-state index is 12.4. The minimum absolute atomic E-state index is 0.0196. The van der Waals surface area contributed by atoms with Crippen LogP contribution in [-0.4, -0.2) is 51.9 Å². The molecule has 0 spiro atoms. The van der Waals surface area contributed by atoms with E-state index in [0.29, 0.717) is 32.0 Å². The summed E-state index contributed by atoms with van der Waals surface area (Å²) >= 11 is 0. The van der Waals surface area contributed by atoms with Crippen LogP contribution in [0.25, 0.3) is 5.52 Å². The lowest BCUT2D eigenvalue weighted by molar-refractivity contribution is 0.0297. The lowest BCUT2D eigenvalue weighted by Crippen LogP contribution is -2.41. The van der Waals surface area contributed by atoms with Gasteiger partial charge in [0.15, 0.2) is 0 Å². The van der Waals surface area contributed by atoms with Crippen molar-refractivity contribution in [2.24, 2.45) is 0 Å². The van der Waals surface area contributed by atoms with Crippen LogP contribution in [0.4, 0.5) is 0 Å². The number of carbonyl (C=O) groups excluding carboxylic acids is 1. The molecule has 0 radical (unpaired) electrons. The average molecular weight is 246 g/mol. The summed E-state index contributed by atoms with van der Waals surface area (Å²) in [6, 6.07) is 5.55. The second-order valence-corrected chi connectivity index (χ2v) is 4.29. The van der Waals surface area contributed by atoms with Crippen molar-refractivity contribution >= 4 is 11.4 Å². The van der Waals surface area contributed by atoms with Crippen LogP contribution in [0.2, 0.25) is 0 Å². The van der Waals surface area contributed by atoms with Gasteiger partial charge in [-0.3, -0.25) is 4.79 Å². The maximum Gasteiger partial charge on any atom is 0.272 e. The van der Waals surface area contributed by atoms with Crippen LogP contribution < -0.4 is 0 Å². The van der Waals surface area contributed by atoms with E-state index in [0.717, 1.165) is 11.2 Å². The first-order valence-corrected chi connectivity index (χ1v) is 5.95. The zero-order valence-corrected chi connectivity index (χ0v) is 10.2. The van der Waals surface area contributed by atoms with Crippen molar-refractivity contribution in [3.63, 3.8) is 0 Å². The van der Waals surface area contributed by atoms with Gasteiger partial charge < -0.3 is 9.64 Å². The SMILES string of the molecule is Cc1nnn2c(C(=O)N3CCOCC3)cccc12. The van der Waals surface area contributed by atoms with Crippen molar-refractivity contribution in [3.05, 3.63) is 29.6 Å². The fraction of sp³-hybridized carbons (Fsp3) is 0.417. The molecule has 0 unspecified atom stereocenters.